The van der Waals surface area contributed by atoms with Gasteiger partial charge in [0.05, 0.1) is 10.6 Å². The number of Topliss-reactive ketones (excluding diaryl/α,β-unsaturated/α-hetero) is 1. The van der Waals surface area contributed by atoms with Crippen LogP contribution < -0.4 is 0 Å². The number of carbonyl (C=O) groups excluding carboxylic acids is 1. The zero-order chi connectivity index (χ0) is 18.8. The van der Waals surface area contributed by atoms with E-state index in [1.807, 2.05) is 35.8 Å². The highest BCUT2D eigenvalue weighted by Gasteiger charge is 2.18. The molecule has 0 aliphatic heterocycles. The lowest BCUT2D eigenvalue weighted by molar-refractivity contribution is 0.102. The van der Waals surface area contributed by atoms with Crippen LogP contribution in [-0.2, 0) is 13.0 Å². The van der Waals surface area contributed by atoms with Gasteiger partial charge in [0.1, 0.15) is 0 Å². The fourth-order valence-corrected chi connectivity index (χ4v) is 4.82. The van der Waals surface area contributed by atoms with Gasteiger partial charge < -0.3 is 9.55 Å². The third-order valence-electron chi connectivity index (χ3n) is 4.59. The Morgan fingerprint density at radius 3 is 2.85 bits per heavy atom. The molecular formula is C20H20N4OS2. The van der Waals surface area contributed by atoms with Crippen LogP contribution in [0.25, 0.3) is 21.6 Å². The minimum atomic E-state index is 0.0998. The lowest BCUT2D eigenvalue weighted by Crippen LogP contribution is -2.04. The van der Waals surface area contributed by atoms with E-state index in [1.165, 1.54) is 17.3 Å². The van der Waals surface area contributed by atoms with E-state index in [-0.39, 0.29) is 5.78 Å². The van der Waals surface area contributed by atoms with Crippen molar-refractivity contribution in [2.45, 2.75) is 32.0 Å². The van der Waals surface area contributed by atoms with Crippen LogP contribution in [0.5, 0.6) is 0 Å². The third-order valence-corrected chi connectivity index (χ3v) is 6.42. The van der Waals surface area contributed by atoms with E-state index in [0.717, 1.165) is 45.3 Å². The second kappa shape index (κ2) is 7.70. The molecule has 4 aromatic rings. The SMILES string of the molecule is CCc1cccc2c(C(=O)CSc3nnc(-c4cccs4)n3CC)c[nH]c12. The minimum absolute atomic E-state index is 0.0998. The summed E-state index contributed by atoms with van der Waals surface area (Å²) in [6, 6.07) is 10.2. The maximum Gasteiger partial charge on any atom is 0.191 e. The number of thiophene rings is 1. The molecule has 4 rings (SSSR count). The number of nitrogens with one attached hydrogen (secondary N) is 1. The molecule has 0 atom stereocenters. The second-order valence-corrected chi connectivity index (χ2v) is 8.03. The molecule has 0 saturated carbocycles. The van der Waals surface area contributed by atoms with Crippen molar-refractivity contribution in [1.29, 1.82) is 0 Å². The van der Waals surface area contributed by atoms with Crippen molar-refractivity contribution >= 4 is 39.8 Å². The van der Waals surface area contributed by atoms with Crippen molar-refractivity contribution in [1.82, 2.24) is 19.7 Å². The molecular weight excluding hydrogens is 376 g/mol. The summed E-state index contributed by atoms with van der Waals surface area (Å²) in [4.78, 5) is 17.2. The summed E-state index contributed by atoms with van der Waals surface area (Å²) in [6.45, 7) is 4.96. The average Bonchev–Trinajstić information content (AvgIpc) is 3.44. The number of nitrogens with zero attached hydrogens (tertiary/aromatic N) is 3. The van der Waals surface area contributed by atoms with Gasteiger partial charge in [-0.05, 0) is 30.4 Å². The number of aromatic nitrogens is 4. The third kappa shape index (κ3) is 3.33. The number of thioether (sulfide) groups is 1. The molecule has 1 aromatic carbocycles. The smallest absolute Gasteiger partial charge is 0.191 e. The Hall–Kier alpha value is -2.38. The normalized spacial score (nSPS) is 11.3. The van der Waals surface area contributed by atoms with Crippen molar-refractivity contribution in [3.63, 3.8) is 0 Å². The monoisotopic (exact) mass is 396 g/mol. The maximum absolute atomic E-state index is 12.8. The molecule has 0 saturated heterocycles. The largest absolute Gasteiger partial charge is 0.360 e. The quantitative estimate of drug-likeness (QED) is 0.351. The van der Waals surface area contributed by atoms with Crippen molar-refractivity contribution in [3.8, 4) is 10.7 Å². The molecule has 0 aliphatic carbocycles. The topological polar surface area (TPSA) is 63.6 Å². The van der Waals surface area contributed by atoms with Crippen LogP contribution in [0, 0.1) is 0 Å². The average molecular weight is 397 g/mol. The van der Waals surface area contributed by atoms with Gasteiger partial charge in [-0.15, -0.1) is 21.5 Å². The number of hydrogen-bond donors (Lipinski definition) is 1. The van der Waals surface area contributed by atoms with Crippen LogP contribution in [0.1, 0.15) is 29.8 Å². The van der Waals surface area contributed by atoms with Crippen LogP contribution in [0.15, 0.2) is 47.1 Å². The first-order valence-electron chi connectivity index (χ1n) is 8.95. The fourth-order valence-electron chi connectivity index (χ4n) is 3.22. The van der Waals surface area contributed by atoms with E-state index in [0.29, 0.717) is 5.75 Å². The first-order valence-corrected chi connectivity index (χ1v) is 10.8. The molecule has 3 heterocycles. The van der Waals surface area contributed by atoms with Gasteiger partial charge in [-0.3, -0.25) is 4.79 Å². The number of fused-ring (bicyclic) bond motifs is 1. The van der Waals surface area contributed by atoms with Gasteiger partial charge in [0.2, 0.25) is 0 Å². The van der Waals surface area contributed by atoms with Gasteiger partial charge in [0.25, 0.3) is 0 Å². The van der Waals surface area contributed by atoms with Crippen molar-refractivity contribution in [2.75, 3.05) is 5.75 Å². The Balaban J connectivity index is 1.55. The Morgan fingerprint density at radius 1 is 1.22 bits per heavy atom. The highest BCUT2D eigenvalue weighted by Crippen LogP contribution is 2.28. The van der Waals surface area contributed by atoms with Gasteiger partial charge in [0.15, 0.2) is 16.8 Å². The van der Waals surface area contributed by atoms with Crippen LogP contribution in [0.2, 0.25) is 0 Å². The van der Waals surface area contributed by atoms with Gasteiger partial charge in [0, 0.05) is 29.2 Å². The van der Waals surface area contributed by atoms with Crippen LogP contribution in [0.4, 0.5) is 0 Å². The van der Waals surface area contributed by atoms with E-state index in [9.17, 15) is 4.79 Å². The highest BCUT2D eigenvalue weighted by atomic mass is 32.2. The molecule has 0 fully saturated rings. The lowest BCUT2D eigenvalue weighted by atomic mass is 10.1. The molecule has 3 aromatic heterocycles. The summed E-state index contributed by atoms with van der Waals surface area (Å²) in [5, 5.41) is 12.4. The first kappa shape index (κ1) is 18.0. The number of rotatable bonds is 7. The van der Waals surface area contributed by atoms with E-state index in [1.54, 1.807) is 11.3 Å². The number of ketones is 1. The molecule has 0 radical (unpaired) electrons. The van der Waals surface area contributed by atoms with Crippen molar-refractivity contribution in [3.05, 3.63) is 53.0 Å². The number of hydrogen-bond acceptors (Lipinski definition) is 5. The summed E-state index contributed by atoms with van der Waals surface area (Å²) in [6.07, 6.45) is 2.76. The minimum Gasteiger partial charge on any atom is -0.360 e. The predicted molar refractivity (Wildman–Crippen MR) is 112 cm³/mol. The molecule has 0 bridgehead atoms. The number of para-hydroxylation sites is 1. The Morgan fingerprint density at radius 2 is 2.11 bits per heavy atom. The first-order chi connectivity index (χ1) is 13.2. The van der Waals surface area contributed by atoms with Crippen LogP contribution in [0.3, 0.4) is 0 Å². The van der Waals surface area contributed by atoms with E-state index < -0.39 is 0 Å². The molecule has 7 heteroatoms. The van der Waals surface area contributed by atoms with E-state index in [4.69, 9.17) is 0 Å². The Labute approximate surface area is 165 Å². The summed E-state index contributed by atoms with van der Waals surface area (Å²) >= 11 is 3.09. The maximum atomic E-state index is 12.8. The second-order valence-electron chi connectivity index (χ2n) is 6.14. The predicted octanol–water partition coefficient (Wildman–Crippen LogP) is 5.05. The lowest BCUT2D eigenvalue weighted by Gasteiger charge is -2.06. The summed E-state index contributed by atoms with van der Waals surface area (Å²) in [5.41, 5.74) is 3.03. The molecule has 0 amide bonds. The zero-order valence-corrected chi connectivity index (χ0v) is 16.9. The van der Waals surface area contributed by atoms with Gasteiger partial charge in [-0.1, -0.05) is 43.0 Å². The molecule has 1 N–H and O–H groups in total. The molecule has 138 valence electrons. The Bertz CT molecular complexity index is 1080. The molecule has 0 aliphatic rings. The van der Waals surface area contributed by atoms with E-state index >= 15 is 0 Å². The molecule has 0 unspecified atom stereocenters. The summed E-state index contributed by atoms with van der Waals surface area (Å²) in [5.74, 6) is 1.30. The molecule has 27 heavy (non-hydrogen) atoms. The van der Waals surface area contributed by atoms with Crippen molar-refractivity contribution < 1.29 is 4.79 Å². The number of aryl methyl sites for hydroxylation is 1. The number of aromatic amines is 1. The fraction of sp³-hybridized carbons (Fsp3) is 0.250. The standard InChI is InChI=1S/C20H20N4OS2/c1-3-13-7-5-8-14-15(11-21-18(13)14)16(25)12-27-20-23-22-19(24(20)4-2)17-9-6-10-26-17/h5-11,21H,3-4,12H2,1-2H3. The summed E-state index contributed by atoms with van der Waals surface area (Å²) in [7, 11) is 0. The van der Waals surface area contributed by atoms with Crippen LogP contribution >= 0.6 is 23.1 Å². The highest BCUT2D eigenvalue weighted by molar-refractivity contribution is 7.99. The van der Waals surface area contributed by atoms with Gasteiger partial charge in [-0.25, -0.2) is 0 Å². The summed E-state index contributed by atoms with van der Waals surface area (Å²) < 4.78 is 2.06. The van der Waals surface area contributed by atoms with Gasteiger partial charge >= 0.3 is 0 Å². The van der Waals surface area contributed by atoms with Gasteiger partial charge in [-0.2, -0.15) is 0 Å². The Kier molecular flexibility index (Phi) is 5.13. The molecule has 0 spiro atoms. The molecule has 5 nitrogen and oxygen atoms in total. The van der Waals surface area contributed by atoms with Crippen LogP contribution in [-0.4, -0.2) is 31.3 Å². The zero-order valence-electron chi connectivity index (χ0n) is 15.2. The number of H-pyrrole nitrogens is 1. The number of benzene rings is 1. The number of carbonyl (C=O) groups is 1. The van der Waals surface area contributed by atoms with Crippen molar-refractivity contribution in [2.24, 2.45) is 0 Å². The van der Waals surface area contributed by atoms with E-state index in [2.05, 4.69) is 39.7 Å².